The van der Waals surface area contributed by atoms with Gasteiger partial charge in [-0.1, -0.05) is 178 Å². The minimum absolute atomic E-state index is 0.00513. The summed E-state index contributed by atoms with van der Waals surface area (Å²) in [6.45, 7) is 21.1. The van der Waals surface area contributed by atoms with Crippen molar-refractivity contribution in [2.24, 2.45) is 0 Å². The van der Waals surface area contributed by atoms with Gasteiger partial charge in [-0.05, 0) is 102 Å². The fourth-order valence-corrected chi connectivity index (χ4v) is 10.3. The first-order valence-electron chi connectivity index (χ1n) is 21.4. The van der Waals surface area contributed by atoms with Gasteiger partial charge in [0.05, 0.1) is 11.4 Å². The van der Waals surface area contributed by atoms with E-state index in [0.717, 1.165) is 0 Å². The van der Waals surface area contributed by atoms with Gasteiger partial charge in [0.1, 0.15) is 0 Å². The zero-order valence-corrected chi connectivity index (χ0v) is 35.8. The van der Waals surface area contributed by atoms with Crippen LogP contribution in [-0.2, 0) is 16.2 Å². The van der Waals surface area contributed by atoms with Gasteiger partial charge < -0.3 is 9.38 Å². The van der Waals surface area contributed by atoms with Gasteiger partial charge in [0.25, 0.3) is 0 Å². The number of nitrogens with zero attached hydrogens (tertiary/aromatic N) is 2. The highest BCUT2D eigenvalue weighted by atomic mass is 15.2. The van der Waals surface area contributed by atoms with Crippen molar-refractivity contribution in [3.8, 4) is 55.8 Å². The predicted molar refractivity (Wildman–Crippen MR) is 254 cm³/mol. The van der Waals surface area contributed by atoms with Crippen LogP contribution in [0.5, 0.6) is 0 Å². The van der Waals surface area contributed by atoms with Gasteiger partial charge in [0.15, 0.2) is 0 Å². The SMILES string of the molecule is CC(C)(C)c1ccc2c(c1)-c1ccccc1-c1cccc3c1N2c1cc(C(C)(C)C)cc2c1B3n1c(-c3ccccc3)c(-c3ccccc3)c3cc(C(C)(C)C)cc-2c31. The van der Waals surface area contributed by atoms with Crippen molar-refractivity contribution in [3.63, 3.8) is 0 Å². The van der Waals surface area contributed by atoms with E-state index in [4.69, 9.17) is 0 Å². The molecule has 3 aliphatic heterocycles. The van der Waals surface area contributed by atoms with Gasteiger partial charge in [-0.15, -0.1) is 0 Å². The van der Waals surface area contributed by atoms with E-state index in [-0.39, 0.29) is 23.1 Å². The largest absolute Gasteiger partial charge is 0.375 e. The topological polar surface area (TPSA) is 8.17 Å². The molecule has 59 heavy (non-hydrogen) atoms. The highest BCUT2D eigenvalue weighted by molar-refractivity contribution is 6.90. The quantitative estimate of drug-likeness (QED) is 0.159. The van der Waals surface area contributed by atoms with E-state index in [2.05, 4.69) is 217 Å². The Balaban J connectivity index is 1.37. The molecule has 0 N–H and O–H groups in total. The van der Waals surface area contributed by atoms with Crippen LogP contribution in [0.2, 0.25) is 0 Å². The number of aromatic nitrogens is 1. The monoisotopic (exact) mass is 762 g/mol. The number of fused-ring (bicyclic) bond motifs is 9. The summed E-state index contributed by atoms with van der Waals surface area (Å²) < 4.78 is 2.75. The fourth-order valence-electron chi connectivity index (χ4n) is 10.3. The lowest BCUT2D eigenvalue weighted by Gasteiger charge is -2.42. The van der Waals surface area contributed by atoms with Crippen molar-refractivity contribution < 1.29 is 0 Å². The lowest BCUT2D eigenvalue weighted by atomic mass is 9.44. The number of anilines is 3. The van der Waals surface area contributed by atoms with Crippen LogP contribution in [0, 0.1) is 0 Å². The molecule has 0 fully saturated rings. The van der Waals surface area contributed by atoms with Gasteiger partial charge >= 0.3 is 6.85 Å². The number of hydrogen-bond acceptors (Lipinski definition) is 1. The first kappa shape index (κ1) is 36.1. The molecule has 11 rings (SSSR count). The van der Waals surface area contributed by atoms with Gasteiger partial charge in [0, 0.05) is 44.5 Å². The summed E-state index contributed by atoms with van der Waals surface area (Å²) in [5.41, 5.74) is 24.6. The molecule has 0 saturated carbocycles. The third-order valence-corrected chi connectivity index (χ3v) is 13.4. The molecule has 3 aliphatic rings. The third kappa shape index (κ3) is 5.19. The number of hydrogen-bond donors (Lipinski definition) is 0. The Morgan fingerprint density at radius 1 is 0.424 bits per heavy atom. The summed E-state index contributed by atoms with van der Waals surface area (Å²) in [5.74, 6) is 0. The van der Waals surface area contributed by atoms with E-state index in [1.165, 1.54) is 111 Å². The third-order valence-electron chi connectivity index (χ3n) is 13.4. The molecule has 4 heterocycles. The van der Waals surface area contributed by atoms with E-state index in [1.807, 2.05) is 0 Å². The van der Waals surface area contributed by atoms with Gasteiger partial charge in [0.2, 0.25) is 0 Å². The molecule has 0 saturated heterocycles. The van der Waals surface area contributed by atoms with Crippen LogP contribution in [0.3, 0.4) is 0 Å². The summed E-state index contributed by atoms with van der Waals surface area (Å²) in [7, 11) is 0. The van der Waals surface area contributed by atoms with Crippen LogP contribution in [0.4, 0.5) is 17.1 Å². The molecular weight excluding hydrogens is 711 g/mol. The Hall–Kier alpha value is -6.06. The van der Waals surface area contributed by atoms with E-state index >= 15 is 0 Å². The fraction of sp³-hybridized carbons (Fsp3) is 0.214. The Labute approximate surface area is 350 Å². The summed E-state index contributed by atoms with van der Waals surface area (Å²) in [5, 5.41) is 1.32. The van der Waals surface area contributed by atoms with Crippen molar-refractivity contribution in [3.05, 3.63) is 162 Å². The second-order valence-electron chi connectivity index (χ2n) is 20.2. The predicted octanol–water partition coefficient (Wildman–Crippen LogP) is 13.9. The highest BCUT2D eigenvalue weighted by Crippen LogP contribution is 2.56. The summed E-state index contributed by atoms with van der Waals surface area (Å²) in [6, 6.07) is 55.9. The zero-order chi connectivity index (χ0) is 40.7. The molecule has 0 spiro atoms. The molecule has 0 atom stereocenters. The summed E-state index contributed by atoms with van der Waals surface area (Å²) in [6.07, 6.45) is 0. The Kier molecular flexibility index (Phi) is 7.48. The minimum atomic E-state index is -0.0842. The number of para-hydroxylation sites is 1. The van der Waals surface area contributed by atoms with Crippen LogP contribution < -0.4 is 15.8 Å². The average Bonchev–Trinajstić information content (AvgIpc) is 3.50. The second kappa shape index (κ2) is 12.2. The van der Waals surface area contributed by atoms with Gasteiger partial charge in [-0.2, -0.15) is 0 Å². The Morgan fingerprint density at radius 2 is 0.983 bits per heavy atom. The molecule has 0 aliphatic carbocycles. The number of benzene rings is 7. The molecular formula is C56H51BN2. The molecule has 1 aromatic heterocycles. The molecule has 8 aromatic rings. The summed E-state index contributed by atoms with van der Waals surface area (Å²) >= 11 is 0. The molecule has 0 radical (unpaired) electrons. The van der Waals surface area contributed by atoms with Gasteiger partial charge in [-0.3, -0.25) is 0 Å². The summed E-state index contributed by atoms with van der Waals surface area (Å²) in [4.78, 5) is 2.66. The molecule has 3 heteroatoms. The van der Waals surface area contributed by atoms with Crippen molar-refractivity contribution in [2.75, 3.05) is 4.90 Å². The van der Waals surface area contributed by atoms with E-state index in [1.54, 1.807) is 0 Å². The lowest BCUT2D eigenvalue weighted by molar-refractivity contribution is 0.589. The maximum absolute atomic E-state index is 2.75. The highest BCUT2D eigenvalue weighted by Gasteiger charge is 2.47. The molecule has 2 nitrogen and oxygen atoms in total. The molecule has 288 valence electrons. The molecule has 7 aromatic carbocycles. The van der Waals surface area contributed by atoms with Crippen LogP contribution in [0.1, 0.15) is 79.0 Å². The molecule has 0 amide bonds. The minimum Gasteiger partial charge on any atom is -0.375 e. The van der Waals surface area contributed by atoms with Crippen LogP contribution in [0.25, 0.3) is 66.7 Å². The van der Waals surface area contributed by atoms with Crippen molar-refractivity contribution >= 4 is 45.7 Å². The van der Waals surface area contributed by atoms with Gasteiger partial charge in [-0.25, -0.2) is 0 Å². The van der Waals surface area contributed by atoms with Crippen molar-refractivity contribution in [2.45, 2.75) is 78.6 Å². The molecule has 0 bridgehead atoms. The standard InChI is InChI=1S/C56H51BN2/c1-54(2,3)36-27-28-47-42(29-36)40-24-17-16-23-39(40)41-25-18-26-46-53(41)58(47)48-33-38(56(7,8)9)30-43-44-31-37(55(4,5)6)32-45-49(34-19-12-10-13-20-34)51(35-21-14-11-15-22-35)59(52(44)45)57(46)50(43)48/h10-33H,1-9H3. The van der Waals surface area contributed by atoms with Crippen molar-refractivity contribution in [1.29, 1.82) is 0 Å². The number of rotatable bonds is 2. The zero-order valence-electron chi connectivity index (χ0n) is 35.8. The first-order valence-corrected chi connectivity index (χ1v) is 21.4. The molecule has 0 unspecified atom stereocenters. The maximum atomic E-state index is 2.75. The normalized spacial score (nSPS) is 13.8. The maximum Gasteiger partial charge on any atom is 0.333 e. The van der Waals surface area contributed by atoms with E-state index in [0.29, 0.717) is 0 Å². The smallest absolute Gasteiger partial charge is 0.333 e. The first-order chi connectivity index (χ1) is 28.2. The van der Waals surface area contributed by atoms with Crippen LogP contribution in [0.15, 0.2) is 146 Å². The van der Waals surface area contributed by atoms with Crippen LogP contribution in [-0.4, -0.2) is 11.3 Å². The van der Waals surface area contributed by atoms with E-state index in [9.17, 15) is 0 Å². The average molecular weight is 763 g/mol. The second-order valence-corrected chi connectivity index (χ2v) is 20.2. The van der Waals surface area contributed by atoms with Crippen molar-refractivity contribution in [1.82, 2.24) is 4.48 Å². The lowest BCUT2D eigenvalue weighted by Crippen LogP contribution is -2.57. The van der Waals surface area contributed by atoms with Crippen LogP contribution >= 0.6 is 0 Å². The Morgan fingerprint density at radius 3 is 1.64 bits per heavy atom. The van der Waals surface area contributed by atoms with E-state index < -0.39 is 0 Å². The Bertz CT molecular complexity index is 3040.